The number of hydrogen-bond acceptors (Lipinski definition) is 4. The van der Waals surface area contributed by atoms with Crippen LogP contribution in [0.1, 0.15) is 43.7 Å². The minimum Gasteiger partial charge on any atom is -0.352 e. The molecule has 1 aliphatic carbocycles. The fourth-order valence-electron chi connectivity index (χ4n) is 4.90. The Labute approximate surface area is 258 Å². The highest BCUT2D eigenvalue weighted by molar-refractivity contribution is 7.92. The Kier molecular flexibility index (Phi) is 10.3. The van der Waals surface area contributed by atoms with Gasteiger partial charge in [0.15, 0.2) is 0 Å². The van der Waals surface area contributed by atoms with E-state index in [0.717, 1.165) is 37.8 Å². The normalized spacial score (nSPS) is 14.7. The number of carbonyl (C=O) groups excluding carboxylic acids is 2. The van der Waals surface area contributed by atoms with E-state index in [0.29, 0.717) is 15.9 Å². The standard InChI is InChI=1S/C30H30Cl2F3N3O4S/c1-20(29(40)36-23-9-5-6-10-23)37(18-21-14-15-26(31)27(32)16-21)28(39)19-38(43(41,42)25-12-3-2-4-13-25)24-11-7-8-22(17-24)30(33,34)35/h2-4,7-8,11-17,20,23H,5-6,9-10,18-19H2,1H3,(H,36,40)/t20-/m1/s1. The predicted molar refractivity (Wildman–Crippen MR) is 159 cm³/mol. The zero-order valence-electron chi connectivity index (χ0n) is 23.2. The Hall–Kier alpha value is -3.28. The van der Waals surface area contributed by atoms with Gasteiger partial charge >= 0.3 is 6.18 Å². The van der Waals surface area contributed by atoms with Gasteiger partial charge < -0.3 is 10.2 Å². The van der Waals surface area contributed by atoms with Crippen molar-refractivity contribution in [2.24, 2.45) is 0 Å². The zero-order valence-corrected chi connectivity index (χ0v) is 25.5. The summed E-state index contributed by atoms with van der Waals surface area (Å²) in [5.74, 6) is -1.24. The number of rotatable bonds is 10. The van der Waals surface area contributed by atoms with E-state index in [1.54, 1.807) is 12.1 Å². The number of alkyl halides is 3. The van der Waals surface area contributed by atoms with Gasteiger partial charge in [-0.25, -0.2) is 8.42 Å². The van der Waals surface area contributed by atoms with Crippen LogP contribution in [0.4, 0.5) is 18.9 Å². The highest BCUT2D eigenvalue weighted by Crippen LogP contribution is 2.33. The summed E-state index contributed by atoms with van der Waals surface area (Å²) >= 11 is 12.2. The molecule has 0 unspecified atom stereocenters. The number of anilines is 1. The van der Waals surface area contributed by atoms with Crippen LogP contribution in [0.2, 0.25) is 10.0 Å². The maximum Gasteiger partial charge on any atom is 0.416 e. The molecule has 1 N–H and O–H groups in total. The first kappa shape index (κ1) is 32.6. The van der Waals surface area contributed by atoms with Crippen LogP contribution in [0.15, 0.2) is 77.7 Å². The summed E-state index contributed by atoms with van der Waals surface area (Å²) < 4.78 is 69.0. The summed E-state index contributed by atoms with van der Waals surface area (Å²) in [6, 6.07) is 14.4. The van der Waals surface area contributed by atoms with Crippen LogP contribution in [0.5, 0.6) is 0 Å². The van der Waals surface area contributed by atoms with Gasteiger partial charge in [0.05, 0.1) is 26.2 Å². The molecular formula is C30H30Cl2F3N3O4S. The minimum atomic E-state index is -4.76. The number of hydrogen-bond donors (Lipinski definition) is 1. The highest BCUT2D eigenvalue weighted by Gasteiger charge is 2.35. The van der Waals surface area contributed by atoms with Crippen LogP contribution in [0.3, 0.4) is 0 Å². The second-order valence-corrected chi connectivity index (χ2v) is 13.0. The molecule has 7 nitrogen and oxygen atoms in total. The van der Waals surface area contributed by atoms with Crippen molar-refractivity contribution in [2.45, 2.75) is 62.3 Å². The van der Waals surface area contributed by atoms with Gasteiger partial charge in [-0.1, -0.05) is 66.4 Å². The van der Waals surface area contributed by atoms with Crippen LogP contribution in [-0.4, -0.2) is 43.8 Å². The fraction of sp³-hybridized carbons (Fsp3) is 0.333. The number of carbonyl (C=O) groups is 2. The van der Waals surface area contributed by atoms with E-state index in [2.05, 4.69) is 5.32 Å². The average Bonchev–Trinajstić information content (AvgIpc) is 3.49. The summed E-state index contributed by atoms with van der Waals surface area (Å²) in [4.78, 5) is 28.2. The van der Waals surface area contributed by atoms with Gasteiger partial charge in [-0.3, -0.25) is 13.9 Å². The molecule has 1 fully saturated rings. The molecule has 4 rings (SSSR count). The molecule has 1 saturated carbocycles. The van der Waals surface area contributed by atoms with Gasteiger partial charge in [0.25, 0.3) is 10.0 Å². The third-order valence-electron chi connectivity index (χ3n) is 7.28. The van der Waals surface area contributed by atoms with Crippen LogP contribution >= 0.6 is 23.2 Å². The molecule has 230 valence electrons. The van der Waals surface area contributed by atoms with E-state index >= 15 is 0 Å². The molecule has 3 aromatic carbocycles. The molecule has 0 aromatic heterocycles. The lowest BCUT2D eigenvalue weighted by atomic mass is 10.1. The van der Waals surface area contributed by atoms with Crippen LogP contribution < -0.4 is 9.62 Å². The number of sulfonamides is 1. The monoisotopic (exact) mass is 655 g/mol. The van der Waals surface area contributed by atoms with Crippen molar-refractivity contribution in [3.63, 3.8) is 0 Å². The molecule has 1 atom stereocenters. The van der Waals surface area contributed by atoms with Crippen LogP contribution in [0, 0.1) is 0 Å². The third kappa shape index (κ3) is 8.01. The molecule has 2 amide bonds. The molecule has 0 aliphatic heterocycles. The first-order valence-electron chi connectivity index (χ1n) is 13.6. The average molecular weight is 657 g/mol. The lowest BCUT2D eigenvalue weighted by Crippen LogP contribution is -2.52. The van der Waals surface area contributed by atoms with Crippen LogP contribution in [0.25, 0.3) is 0 Å². The van der Waals surface area contributed by atoms with Gasteiger partial charge in [0.2, 0.25) is 11.8 Å². The Balaban J connectivity index is 1.73. The van der Waals surface area contributed by atoms with E-state index < -0.39 is 46.2 Å². The largest absolute Gasteiger partial charge is 0.416 e. The first-order valence-corrected chi connectivity index (χ1v) is 15.8. The fourth-order valence-corrected chi connectivity index (χ4v) is 6.64. The van der Waals surface area contributed by atoms with E-state index in [9.17, 15) is 31.2 Å². The predicted octanol–water partition coefficient (Wildman–Crippen LogP) is 6.68. The van der Waals surface area contributed by atoms with Crippen molar-refractivity contribution >= 4 is 50.7 Å². The number of benzene rings is 3. The Morgan fingerprint density at radius 3 is 2.26 bits per heavy atom. The van der Waals surface area contributed by atoms with Crippen LogP contribution in [-0.2, 0) is 32.3 Å². The Morgan fingerprint density at radius 2 is 1.63 bits per heavy atom. The molecule has 0 saturated heterocycles. The second kappa shape index (κ2) is 13.6. The molecular weight excluding hydrogens is 626 g/mol. The first-order chi connectivity index (χ1) is 20.3. The lowest BCUT2D eigenvalue weighted by molar-refractivity contribution is -0.139. The third-order valence-corrected chi connectivity index (χ3v) is 9.80. The van der Waals surface area contributed by atoms with Crippen molar-refractivity contribution in [3.8, 4) is 0 Å². The zero-order chi connectivity index (χ0) is 31.4. The highest BCUT2D eigenvalue weighted by atomic mass is 35.5. The molecule has 0 heterocycles. The Bertz CT molecular complexity index is 1570. The van der Waals surface area contributed by atoms with E-state index in [-0.39, 0.29) is 33.2 Å². The molecule has 13 heteroatoms. The number of nitrogens with zero attached hydrogens (tertiary/aromatic N) is 2. The molecule has 0 radical (unpaired) electrons. The maximum absolute atomic E-state index is 14.0. The molecule has 1 aliphatic rings. The van der Waals surface area contributed by atoms with E-state index in [4.69, 9.17) is 23.2 Å². The minimum absolute atomic E-state index is 0.0445. The molecule has 3 aromatic rings. The van der Waals surface area contributed by atoms with Gasteiger partial charge in [-0.05, 0) is 67.8 Å². The quantitative estimate of drug-likeness (QED) is 0.264. The summed E-state index contributed by atoms with van der Waals surface area (Å²) in [7, 11) is -4.52. The van der Waals surface area contributed by atoms with Gasteiger partial charge in [-0.15, -0.1) is 0 Å². The summed E-state index contributed by atoms with van der Waals surface area (Å²) in [5.41, 5.74) is -0.924. The molecule has 0 spiro atoms. The van der Waals surface area contributed by atoms with Crippen molar-refractivity contribution in [1.82, 2.24) is 10.2 Å². The maximum atomic E-state index is 14.0. The van der Waals surface area contributed by atoms with Crippen molar-refractivity contribution < 1.29 is 31.2 Å². The number of amides is 2. The van der Waals surface area contributed by atoms with Gasteiger partial charge in [0, 0.05) is 12.6 Å². The number of halogens is 5. The van der Waals surface area contributed by atoms with E-state index in [1.165, 1.54) is 54.3 Å². The molecule has 43 heavy (non-hydrogen) atoms. The number of nitrogens with one attached hydrogen (secondary N) is 1. The Morgan fingerprint density at radius 1 is 0.953 bits per heavy atom. The smallest absolute Gasteiger partial charge is 0.352 e. The summed E-state index contributed by atoms with van der Waals surface area (Å²) in [6.45, 7) is 0.498. The lowest BCUT2D eigenvalue weighted by Gasteiger charge is -2.32. The van der Waals surface area contributed by atoms with Crippen molar-refractivity contribution in [3.05, 3.63) is 94.0 Å². The molecule has 0 bridgehead atoms. The van der Waals surface area contributed by atoms with Crippen molar-refractivity contribution in [2.75, 3.05) is 10.8 Å². The van der Waals surface area contributed by atoms with Gasteiger partial charge in [0.1, 0.15) is 12.6 Å². The summed E-state index contributed by atoms with van der Waals surface area (Å²) in [6.07, 6.45) is -1.21. The summed E-state index contributed by atoms with van der Waals surface area (Å²) in [5, 5.41) is 3.44. The van der Waals surface area contributed by atoms with Crippen molar-refractivity contribution in [1.29, 1.82) is 0 Å². The second-order valence-electron chi connectivity index (χ2n) is 10.3. The van der Waals surface area contributed by atoms with Gasteiger partial charge in [-0.2, -0.15) is 13.2 Å². The SMILES string of the molecule is C[C@H](C(=O)NC1CCCC1)N(Cc1ccc(Cl)c(Cl)c1)C(=O)CN(c1cccc(C(F)(F)F)c1)S(=O)(=O)c1ccccc1. The van der Waals surface area contributed by atoms with E-state index in [1.807, 2.05) is 0 Å². The topological polar surface area (TPSA) is 86.8 Å².